The van der Waals surface area contributed by atoms with Gasteiger partial charge in [-0.1, -0.05) is 6.42 Å². The van der Waals surface area contributed by atoms with Crippen LogP contribution in [0.15, 0.2) is 6.33 Å². The molecule has 0 spiro atoms. The minimum absolute atomic E-state index is 0.399. The van der Waals surface area contributed by atoms with Gasteiger partial charge in [-0.05, 0) is 33.2 Å². The van der Waals surface area contributed by atoms with Crippen LogP contribution in [-0.2, 0) is 0 Å². The lowest BCUT2D eigenvalue weighted by molar-refractivity contribution is 0.368. The molecule has 1 aliphatic heterocycles. The van der Waals surface area contributed by atoms with Gasteiger partial charge in [-0.25, -0.2) is 9.67 Å². The molecule has 0 saturated carbocycles. The molecule has 2 heterocycles. The number of piperidine rings is 1. The second-order valence-corrected chi connectivity index (χ2v) is 4.16. The number of nitrogens with zero attached hydrogens (tertiary/aromatic N) is 3. The largest absolute Gasteiger partial charge is 0.307 e. The molecule has 0 aliphatic carbocycles. The molecule has 1 aromatic heterocycles. The van der Waals surface area contributed by atoms with Gasteiger partial charge in [0.2, 0.25) is 0 Å². The highest BCUT2D eigenvalue weighted by Crippen LogP contribution is 2.22. The molecule has 0 amide bonds. The first kappa shape index (κ1) is 9.65. The smallest absolute Gasteiger partial charge is 0.144 e. The quantitative estimate of drug-likeness (QED) is 0.778. The van der Waals surface area contributed by atoms with Crippen molar-refractivity contribution in [3.8, 4) is 0 Å². The van der Waals surface area contributed by atoms with Gasteiger partial charge in [-0.3, -0.25) is 0 Å². The van der Waals surface area contributed by atoms with Crippen LogP contribution in [0.5, 0.6) is 0 Å². The third-order valence-electron chi connectivity index (χ3n) is 2.71. The van der Waals surface area contributed by atoms with Crippen molar-refractivity contribution in [2.45, 2.75) is 45.2 Å². The van der Waals surface area contributed by atoms with E-state index in [9.17, 15) is 0 Å². The molecule has 1 fully saturated rings. The maximum atomic E-state index is 4.35. The van der Waals surface area contributed by atoms with Crippen molar-refractivity contribution < 1.29 is 0 Å². The van der Waals surface area contributed by atoms with Gasteiger partial charge in [0, 0.05) is 6.04 Å². The summed E-state index contributed by atoms with van der Waals surface area (Å²) in [6, 6.07) is 0.810. The van der Waals surface area contributed by atoms with Crippen molar-refractivity contribution in [2.24, 2.45) is 0 Å². The van der Waals surface area contributed by atoms with Crippen LogP contribution in [0.1, 0.15) is 51.0 Å². The zero-order valence-corrected chi connectivity index (χ0v) is 8.90. The standard InChI is InChI=1S/C10H18N4/c1-8(2)14-10(12-7-13-14)9-5-3-4-6-11-9/h7-9,11H,3-6H2,1-2H3/t9-/m1/s1. The highest BCUT2D eigenvalue weighted by Gasteiger charge is 2.20. The first-order valence-electron chi connectivity index (χ1n) is 5.42. The molecule has 4 nitrogen and oxygen atoms in total. The van der Waals surface area contributed by atoms with Crippen LogP contribution in [0.25, 0.3) is 0 Å². The topological polar surface area (TPSA) is 42.7 Å². The Morgan fingerprint density at radius 2 is 2.36 bits per heavy atom. The summed E-state index contributed by atoms with van der Waals surface area (Å²) in [6.07, 6.45) is 5.42. The normalized spacial score (nSPS) is 22.9. The number of aromatic nitrogens is 3. The highest BCUT2D eigenvalue weighted by atomic mass is 15.4. The number of rotatable bonds is 2. The van der Waals surface area contributed by atoms with E-state index in [0.717, 1.165) is 12.4 Å². The number of hydrogen-bond donors (Lipinski definition) is 1. The zero-order chi connectivity index (χ0) is 9.97. The molecule has 0 bridgehead atoms. The summed E-state index contributed by atoms with van der Waals surface area (Å²) in [5.41, 5.74) is 0. The molecule has 1 atom stereocenters. The third kappa shape index (κ3) is 1.80. The second kappa shape index (κ2) is 4.09. The Labute approximate surface area is 84.7 Å². The molecule has 78 valence electrons. The maximum Gasteiger partial charge on any atom is 0.144 e. The van der Waals surface area contributed by atoms with E-state index in [1.807, 2.05) is 4.68 Å². The van der Waals surface area contributed by atoms with Gasteiger partial charge < -0.3 is 5.32 Å². The monoisotopic (exact) mass is 194 g/mol. The van der Waals surface area contributed by atoms with Gasteiger partial charge >= 0.3 is 0 Å². The molecule has 0 unspecified atom stereocenters. The SMILES string of the molecule is CC(C)n1ncnc1[C@H]1CCCCN1. The van der Waals surface area contributed by atoms with Crippen molar-refractivity contribution in [1.29, 1.82) is 0 Å². The molecule has 1 saturated heterocycles. The molecular formula is C10H18N4. The highest BCUT2D eigenvalue weighted by molar-refractivity contribution is 4.96. The summed E-state index contributed by atoms with van der Waals surface area (Å²) in [5, 5.41) is 7.75. The van der Waals surface area contributed by atoms with E-state index < -0.39 is 0 Å². The van der Waals surface area contributed by atoms with Crippen LogP contribution in [0, 0.1) is 0 Å². The average molecular weight is 194 g/mol. The van der Waals surface area contributed by atoms with E-state index in [1.54, 1.807) is 6.33 Å². The molecule has 1 aromatic rings. The van der Waals surface area contributed by atoms with E-state index in [1.165, 1.54) is 19.3 Å². The Morgan fingerprint density at radius 1 is 1.50 bits per heavy atom. The van der Waals surface area contributed by atoms with E-state index in [4.69, 9.17) is 0 Å². The molecular weight excluding hydrogens is 176 g/mol. The summed E-state index contributed by atoms with van der Waals surface area (Å²) in [7, 11) is 0. The van der Waals surface area contributed by atoms with Crippen LogP contribution < -0.4 is 5.32 Å². The Bertz CT molecular complexity index is 286. The summed E-state index contributed by atoms with van der Waals surface area (Å²) in [6.45, 7) is 5.39. The Kier molecular flexibility index (Phi) is 2.82. The Hall–Kier alpha value is -0.900. The zero-order valence-electron chi connectivity index (χ0n) is 8.90. The van der Waals surface area contributed by atoms with Gasteiger partial charge in [-0.2, -0.15) is 5.10 Å². The van der Waals surface area contributed by atoms with Crippen molar-refractivity contribution >= 4 is 0 Å². The molecule has 1 N–H and O–H groups in total. The summed E-state index contributed by atoms with van der Waals surface area (Å²) >= 11 is 0. The number of nitrogens with one attached hydrogen (secondary N) is 1. The van der Waals surface area contributed by atoms with Crippen molar-refractivity contribution in [1.82, 2.24) is 20.1 Å². The fourth-order valence-corrected chi connectivity index (χ4v) is 1.98. The van der Waals surface area contributed by atoms with Gasteiger partial charge in [0.1, 0.15) is 12.2 Å². The number of hydrogen-bond acceptors (Lipinski definition) is 3. The molecule has 1 aliphatic rings. The van der Waals surface area contributed by atoms with Crippen LogP contribution in [0.4, 0.5) is 0 Å². The minimum Gasteiger partial charge on any atom is -0.307 e. The third-order valence-corrected chi connectivity index (χ3v) is 2.71. The van der Waals surface area contributed by atoms with Gasteiger partial charge in [-0.15, -0.1) is 0 Å². The predicted molar refractivity (Wildman–Crippen MR) is 55.0 cm³/mol. The van der Waals surface area contributed by atoms with Crippen molar-refractivity contribution in [3.63, 3.8) is 0 Å². The van der Waals surface area contributed by atoms with Crippen LogP contribution in [-0.4, -0.2) is 21.3 Å². The lowest BCUT2D eigenvalue weighted by atomic mass is 10.0. The minimum atomic E-state index is 0.399. The van der Waals surface area contributed by atoms with E-state index in [-0.39, 0.29) is 0 Å². The summed E-state index contributed by atoms with van der Waals surface area (Å²) in [5.74, 6) is 1.10. The maximum absolute atomic E-state index is 4.35. The van der Waals surface area contributed by atoms with Gasteiger partial charge in [0.05, 0.1) is 6.04 Å². The molecule has 0 radical (unpaired) electrons. The van der Waals surface area contributed by atoms with E-state index in [0.29, 0.717) is 12.1 Å². The van der Waals surface area contributed by atoms with Gasteiger partial charge in [0.25, 0.3) is 0 Å². The van der Waals surface area contributed by atoms with E-state index in [2.05, 4.69) is 29.2 Å². The lowest BCUT2D eigenvalue weighted by Gasteiger charge is -2.23. The first-order chi connectivity index (χ1) is 6.79. The average Bonchev–Trinajstić information content (AvgIpc) is 2.67. The fourth-order valence-electron chi connectivity index (χ4n) is 1.98. The molecule has 0 aromatic carbocycles. The Balaban J connectivity index is 2.17. The lowest BCUT2D eigenvalue weighted by Crippen LogP contribution is -2.29. The van der Waals surface area contributed by atoms with E-state index >= 15 is 0 Å². The van der Waals surface area contributed by atoms with Crippen LogP contribution in [0.2, 0.25) is 0 Å². The fraction of sp³-hybridized carbons (Fsp3) is 0.800. The van der Waals surface area contributed by atoms with Crippen molar-refractivity contribution in [3.05, 3.63) is 12.2 Å². The van der Waals surface area contributed by atoms with Crippen LogP contribution in [0.3, 0.4) is 0 Å². The molecule has 14 heavy (non-hydrogen) atoms. The molecule has 4 heteroatoms. The Morgan fingerprint density at radius 3 is 3.00 bits per heavy atom. The van der Waals surface area contributed by atoms with Crippen molar-refractivity contribution in [2.75, 3.05) is 6.54 Å². The van der Waals surface area contributed by atoms with Crippen LogP contribution >= 0.6 is 0 Å². The predicted octanol–water partition coefficient (Wildman–Crippen LogP) is 1.67. The van der Waals surface area contributed by atoms with Gasteiger partial charge in [0.15, 0.2) is 0 Å². The summed E-state index contributed by atoms with van der Waals surface area (Å²) < 4.78 is 2.02. The molecule has 2 rings (SSSR count). The second-order valence-electron chi connectivity index (χ2n) is 4.16. The first-order valence-corrected chi connectivity index (χ1v) is 5.42. The summed E-state index contributed by atoms with van der Waals surface area (Å²) in [4.78, 5) is 4.35.